The molecule has 4 heteroatoms. The standard InChI is InChI=1S/C14H21N3O/c1-9-7-8-13(10(2)16-9)17-14(18)11-5-3-4-6-12(11)15/h7-8,11-12H,3-6,15H2,1-2H3,(H,17,18). The van der Waals surface area contributed by atoms with Crippen molar-refractivity contribution in [1.82, 2.24) is 4.98 Å². The lowest BCUT2D eigenvalue weighted by Gasteiger charge is -2.27. The van der Waals surface area contributed by atoms with Crippen LogP contribution in [0.2, 0.25) is 0 Å². The van der Waals surface area contributed by atoms with E-state index in [1.54, 1.807) is 0 Å². The van der Waals surface area contributed by atoms with Crippen LogP contribution in [0, 0.1) is 19.8 Å². The first-order chi connectivity index (χ1) is 8.58. The highest BCUT2D eigenvalue weighted by atomic mass is 16.1. The summed E-state index contributed by atoms with van der Waals surface area (Å²) in [6.07, 6.45) is 4.07. The van der Waals surface area contributed by atoms with Crippen LogP contribution in [0.25, 0.3) is 0 Å². The number of hydrogen-bond acceptors (Lipinski definition) is 3. The van der Waals surface area contributed by atoms with Crippen LogP contribution in [0.15, 0.2) is 12.1 Å². The molecule has 4 nitrogen and oxygen atoms in total. The lowest BCUT2D eigenvalue weighted by Crippen LogP contribution is -2.40. The van der Waals surface area contributed by atoms with Gasteiger partial charge in [0.2, 0.25) is 5.91 Å². The van der Waals surface area contributed by atoms with Crippen molar-refractivity contribution in [3.8, 4) is 0 Å². The highest BCUT2D eigenvalue weighted by Crippen LogP contribution is 2.24. The zero-order valence-electron chi connectivity index (χ0n) is 11.1. The van der Waals surface area contributed by atoms with Gasteiger partial charge >= 0.3 is 0 Å². The maximum atomic E-state index is 12.2. The predicted molar refractivity (Wildman–Crippen MR) is 72.3 cm³/mol. The molecule has 0 bridgehead atoms. The van der Waals surface area contributed by atoms with Gasteiger partial charge in [-0.25, -0.2) is 0 Å². The van der Waals surface area contributed by atoms with Crippen LogP contribution >= 0.6 is 0 Å². The van der Waals surface area contributed by atoms with Gasteiger partial charge in [0.25, 0.3) is 0 Å². The summed E-state index contributed by atoms with van der Waals surface area (Å²) in [4.78, 5) is 16.5. The summed E-state index contributed by atoms with van der Waals surface area (Å²) in [6, 6.07) is 3.81. The molecule has 0 aromatic carbocycles. The van der Waals surface area contributed by atoms with Gasteiger partial charge in [-0.1, -0.05) is 12.8 Å². The molecule has 1 aromatic heterocycles. The van der Waals surface area contributed by atoms with Gasteiger partial charge in [0, 0.05) is 11.7 Å². The van der Waals surface area contributed by atoms with Gasteiger partial charge in [-0.2, -0.15) is 0 Å². The van der Waals surface area contributed by atoms with Gasteiger partial charge in [-0.15, -0.1) is 0 Å². The molecular weight excluding hydrogens is 226 g/mol. The smallest absolute Gasteiger partial charge is 0.229 e. The molecule has 2 atom stereocenters. The van der Waals surface area contributed by atoms with E-state index in [2.05, 4.69) is 10.3 Å². The van der Waals surface area contributed by atoms with Crippen LogP contribution < -0.4 is 11.1 Å². The van der Waals surface area contributed by atoms with E-state index in [9.17, 15) is 4.79 Å². The maximum absolute atomic E-state index is 12.2. The highest BCUT2D eigenvalue weighted by Gasteiger charge is 2.28. The molecule has 2 unspecified atom stereocenters. The summed E-state index contributed by atoms with van der Waals surface area (Å²) in [7, 11) is 0. The number of nitrogens with two attached hydrogens (primary N) is 1. The third-order valence-electron chi connectivity index (χ3n) is 3.64. The second-order valence-corrected chi connectivity index (χ2v) is 5.13. The van der Waals surface area contributed by atoms with Crippen LogP contribution in [-0.4, -0.2) is 16.9 Å². The number of rotatable bonds is 2. The highest BCUT2D eigenvalue weighted by molar-refractivity contribution is 5.93. The number of carbonyl (C=O) groups is 1. The Morgan fingerprint density at radius 3 is 2.72 bits per heavy atom. The first-order valence-corrected chi connectivity index (χ1v) is 6.58. The van der Waals surface area contributed by atoms with Gasteiger partial charge in [0.1, 0.15) is 0 Å². The molecule has 1 saturated carbocycles. The molecule has 1 fully saturated rings. The minimum absolute atomic E-state index is 0.00235. The number of aryl methyl sites for hydroxylation is 2. The van der Waals surface area contributed by atoms with Crippen LogP contribution in [0.5, 0.6) is 0 Å². The molecule has 0 spiro atoms. The molecule has 2 rings (SSSR count). The number of hydrogen-bond donors (Lipinski definition) is 2. The predicted octanol–water partition coefficient (Wildman–Crippen LogP) is 2.15. The zero-order valence-corrected chi connectivity index (χ0v) is 11.1. The molecule has 1 aromatic rings. The number of nitrogens with one attached hydrogen (secondary N) is 1. The number of anilines is 1. The van der Waals surface area contributed by atoms with E-state index in [0.29, 0.717) is 0 Å². The van der Waals surface area contributed by atoms with Crippen LogP contribution in [0.1, 0.15) is 37.1 Å². The largest absolute Gasteiger partial charge is 0.327 e. The zero-order chi connectivity index (χ0) is 13.1. The normalized spacial score (nSPS) is 23.7. The van der Waals surface area contributed by atoms with Crippen molar-refractivity contribution in [2.45, 2.75) is 45.6 Å². The first kappa shape index (κ1) is 13.0. The third-order valence-corrected chi connectivity index (χ3v) is 3.64. The lowest BCUT2D eigenvalue weighted by molar-refractivity contribution is -0.121. The quantitative estimate of drug-likeness (QED) is 0.841. The number of amides is 1. The maximum Gasteiger partial charge on any atom is 0.229 e. The van der Waals surface area contributed by atoms with Gasteiger partial charge in [0.05, 0.1) is 17.3 Å². The number of aromatic nitrogens is 1. The van der Waals surface area contributed by atoms with E-state index < -0.39 is 0 Å². The van der Waals surface area contributed by atoms with Crippen LogP contribution in [0.3, 0.4) is 0 Å². The average Bonchev–Trinajstić information content (AvgIpc) is 2.33. The Labute approximate surface area is 108 Å². The van der Waals surface area contributed by atoms with Gasteiger partial charge in [-0.05, 0) is 38.8 Å². The molecule has 3 N–H and O–H groups in total. The van der Waals surface area contributed by atoms with Crippen molar-refractivity contribution in [2.24, 2.45) is 11.7 Å². The summed E-state index contributed by atoms with van der Waals surface area (Å²) in [5.41, 5.74) is 8.63. The fourth-order valence-corrected chi connectivity index (χ4v) is 2.53. The minimum atomic E-state index is -0.0561. The second-order valence-electron chi connectivity index (χ2n) is 5.13. The number of nitrogens with zero attached hydrogens (tertiary/aromatic N) is 1. The lowest BCUT2D eigenvalue weighted by atomic mass is 9.84. The molecule has 0 saturated heterocycles. The average molecular weight is 247 g/mol. The van der Waals surface area contributed by atoms with Crippen molar-refractivity contribution in [3.05, 3.63) is 23.5 Å². The fourth-order valence-electron chi connectivity index (χ4n) is 2.53. The number of carbonyl (C=O) groups excluding carboxylic acids is 1. The minimum Gasteiger partial charge on any atom is -0.327 e. The Bertz CT molecular complexity index is 445. The Balaban J connectivity index is 2.06. The third kappa shape index (κ3) is 2.88. The second kappa shape index (κ2) is 5.48. The van der Waals surface area contributed by atoms with Gasteiger partial charge in [0.15, 0.2) is 0 Å². The molecule has 0 aliphatic heterocycles. The molecule has 98 valence electrons. The molecule has 0 radical (unpaired) electrons. The Morgan fingerprint density at radius 2 is 2.06 bits per heavy atom. The fraction of sp³-hybridized carbons (Fsp3) is 0.571. The van der Waals surface area contributed by atoms with Crippen LogP contribution in [-0.2, 0) is 4.79 Å². The van der Waals surface area contributed by atoms with E-state index in [4.69, 9.17) is 5.73 Å². The van der Waals surface area contributed by atoms with Crippen molar-refractivity contribution in [2.75, 3.05) is 5.32 Å². The van der Waals surface area contributed by atoms with Gasteiger partial charge in [-0.3, -0.25) is 9.78 Å². The summed E-state index contributed by atoms with van der Waals surface area (Å²) in [6.45, 7) is 3.85. The Kier molecular flexibility index (Phi) is 3.97. The molecular formula is C14H21N3O. The van der Waals surface area contributed by atoms with Crippen molar-refractivity contribution < 1.29 is 4.79 Å². The monoisotopic (exact) mass is 247 g/mol. The summed E-state index contributed by atoms with van der Waals surface area (Å²) < 4.78 is 0. The summed E-state index contributed by atoms with van der Waals surface area (Å²) in [5.74, 6) is -0.0181. The molecule has 1 amide bonds. The van der Waals surface area contributed by atoms with Crippen LogP contribution in [0.4, 0.5) is 5.69 Å². The van der Waals surface area contributed by atoms with E-state index in [0.717, 1.165) is 42.8 Å². The molecule has 1 heterocycles. The number of pyridine rings is 1. The molecule has 18 heavy (non-hydrogen) atoms. The Morgan fingerprint density at radius 1 is 1.33 bits per heavy atom. The van der Waals surface area contributed by atoms with E-state index in [1.165, 1.54) is 0 Å². The summed E-state index contributed by atoms with van der Waals surface area (Å²) >= 11 is 0. The van der Waals surface area contributed by atoms with E-state index >= 15 is 0 Å². The molecule has 1 aliphatic rings. The molecule has 1 aliphatic carbocycles. The summed E-state index contributed by atoms with van der Waals surface area (Å²) in [5, 5.41) is 2.96. The van der Waals surface area contributed by atoms with E-state index in [1.807, 2.05) is 26.0 Å². The van der Waals surface area contributed by atoms with Crippen molar-refractivity contribution in [3.63, 3.8) is 0 Å². The first-order valence-electron chi connectivity index (χ1n) is 6.58. The van der Waals surface area contributed by atoms with Crippen molar-refractivity contribution >= 4 is 11.6 Å². The topological polar surface area (TPSA) is 68.0 Å². The van der Waals surface area contributed by atoms with E-state index in [-0.39, 0.29) is 17.9 Å². The van der Waals surface area contributed by atoms with Gasteiger partial charge < -0.3 is 11.1 Å². The van der Waals surface area contributed by atoms with Crippen molar-refractivity contribution in [1.29, 1.82) is 0 Å². The Hall–Kier alpha value is -1.42. The SMILES string of the molecule is Cc1ccc(NC(=O)C2CCCCC2N)c(C)n1.